The van der Waals surface area contributed by atoms with Gasteiger partial charge in [-0.25, -0.2) is 4.39 Å². The number of ether oxygens (including phenoxy) is 1. The molecular formula is C13H17FN2O2. The van der Waals surface area contributed by atoms with Crippen LogP contribution in [0, 0.1) is 5.82 Å². The summed E-state index contributed by atoms with van der Waals surface area (Å²) in [7, 11) is 1.37. The zero-order chi connectivity index (χ0) is 13.0. The molecule has 0 unspecified atom stereocenters. The summed E-state index contributed by atoms with van der Waals surface area (Å²) in [6.45, 7) is 1.32. The largest absolute Gasteiger partial charge is 0.494 e. The Hall–Kier alpha value is -1.62. The molecule has 2 rings (SSSR count). The second kappa shape index (κ2) is 5.82. The van der Waals surface area contributed by atoms with Crippen molar-refractivity contribution in [2.45, 2.75) is 18.9 Å². The van der Waals surface area contributed by atoms with E-state index < -0.39 is 5.82 Å². The van der Waals surface area contributed by atoms with E-state index >= 15 is 0 Å². The smallest absolute Gasteiger partial charge is 0.251 e. The van der Waals surface area contributed by atoms with Gasteiger partial charge in [-0.3, -0.25) is 4.79 Å². The molecule has 1 saturated carbocycles. The molecule has 0 atom stereocenters. The van der Waals surface area contributed by atoms with Gasteiger partial charge in [0, 0.05) is 24.7 Å². The van der Waals surface area contributed by atoms with Crippen LogP contribution >= 0.6 is 0 Å². The minimum absolute atomic E-state index is 0.0822. The van der Waals surface area contributed by atoms with Gasteiger partial charge >= 0.3 is 0 Å². The SMILES string of the molecule is COc1cc(C(=O)NCCNC2CC2)ccc1F. The molecule has 1 aromatic carbocycles. The summed E-state index contributed by atoms with van der Waals surface area (Å²) in [5.74, 6) is -0.603. The molecule has 98 valence electrons. The van der Waals surface area contributed by atoms with Crippen molar-refractivity contribution in [2.75, 3.05) is 20.2 Å². The highest BCUT2D eigenvalue weighted by molar-refractivity contribution is 5.94. The highest BCUT2D eigenvalue weighted by Gasteiger charge is 2.19. The Bertz CT molecular complexity index is 433. The third-order valence-electron chi connectivity index (χ3n) is 2.83. The Kier molecular flexibility index (Phi) is 4.15. The average Bonchev–Trinajstić information content (AvgIpc) is 3.19. The summed E-state index contributed by atoms with van der Waals surface area (Å²) in [6, 6.07) is 4.71. The number of benzene rings is 1. The zero-order valence-electron chi connectivity index (χ0n) is 10.3. The van der Waals surface area contributed by atoms with Gasteiger partial charge in [0.25, 0.3) is 5.91 Å². The first-order valence-electron chi connectivity index (χ1n) is 6.06. The summed E-state index contributed by atoms with van der Waals surface area (Å²) in [4.78, 5) is 11.8. The topological polar surface area (TPSA) is 50.4 Å². The third-order valence-corrected chi connectivity index (χ3v) is 2.83. The lowest BCUT2D eigenvalue weighted by molar-refractivity contribution is 0.0953. The van der Waals surface area contributed by atoms with Crippen molar-refractivity contribution in [3.63, 3.8) is 0 Å². The molecule has 1 aromatic rings. The van der Waals surface area contributed by atoms with Gasteiger partial charge in [0.05, 0.1) is 7.11 Å². The Labute approximate surface area is 106 Å². The van der Waals surface area contributed by atoms with E-state index in [1.54, 1.807) is 0 Å². The highest BCUT2D eigenvalue weighted by atomic mass is 19.1. The molecule has 0 saturated heterocycles. The number of halogens is 1. The zero-order valence-corrected chi connectivity index (χ0v) is 10.3. The quantitative estimate of drug-likeness (QED) is 0.751. The molecule has 0 bridgehead atoms. The predicted octanol–water partition coefficient (Wildman–Crippen LogP) is 1.32. The fourth-order valence-electron chi connectivity index (χ4n) is 1.64. The second-order valence-corrected chi connectivity index (χ2v) is 4.33. The predicted molar refractivity (Wildman–Crippen MR) is 66.3 cm³/mol. The number of hydrogen-bond donors (Lipinski definition) is 2. The lowest BCUT2D eigenvalue weighted by atomic mass is 10.2. The van der Waals surface area contributed by atoms with Gasteiger partial charge in [-0.05, 0) is 31.0 Å². The third kappa shape index (κ3) is 3.43. The Morgan fingerprint density at radius 2 is 2.22 bits per heavy atom. The van der Waals surface area contributed by atoms with E-state index in [9.17, 15) is 9.18 Å². The van der Waals surface area contributed by atoms with Gasteiger partial charge in [0.2, 0.25) is 0 Å². The fraction of sp³-hybridized carbons (Fsp3) is 0.462. The Morgan fingerprint density at radius 1 is 1.44 bits per heavy atom. The summed E-state index contributed by atoms with van der Waals surface area (Å²) in [6.07, 6.45) is 2.45. The van der Waals surface area contributed by atoms with E-state index in [-0.39, 0.29) is 11.7 Å². The number of hydrogen-bond acceptors (Lipinski definition) is 3. The van der Waals surface area contributed by atoms with Crippen LogP contribution < -0.4 is 15.4 Å². The van der Waals surface area contributed by atoms with Crippen LogP contribution in [0.4, 0.5) is 4.39 Å². The number of nitrogens with one attached hydrogen (secondary N) is 2. The molecule has 0 aliphatic heterocycles. The van der Waals surface area contributed by atoms with E-state index in [2.05, 4.69) is 10.6 Å². The van der Waals surface area contributed by atoms with Crippen molar-refractivity contribution in [3.8, 4) is 5.75 Å². The molecule has 18 heavy (non-hydrogen) atoms. The maximum absolute atomic E-state index is 13.2. The van der Waals surface area contributed by atoms with Crippen LogP contribution in [0.15, 0.2) is 18.2 Å². The van der Waals surface area contributed by atoms with E-state index in [0.29, 0.717) is 18.2 Å². The van der Waals surface area contributed by atoms with Crippen LogP contribution in [0.2, 0.25) is 0 Å². The van der Waals surface area contributed by atoms with E-state index in [1.807, 2.05) is 0 Å². The van der Waals surface area contributed by atoms with Crippen molar-refractivity contribution >= 4 is 5.91 Å². The van der Waals surface area contributed by atoms with Crippen LogP contribution in [0.1, 0.15) is 23.2 Å². The first kappa shape index (κ1) is 12.8. The van der Waals surface area contributed by atoms with E-state index in [1.165, 1.54) is 38.2 Å². The number of amides is 1. The maximum Gasteiger partial charge on any atom is 0.251 e. The van der Waals surface area contributed by atoms with E-state index in [4.69, 9.17) is 4.74 Å². The van der Waals surface area contributed by atoms with Gasteiger partial charge in [0.15, 0.2) is 11.6 Å². The fourth-order valence-corrected chi connectivity index (χ4v) is 1.64. The lowest BCUT2D eigenvalue weighted by Crippen LogP contribution is -2.32. The summed E-state index contributed by atoms with van der Waals surface area (Å²) >= 11 is 0. The molecule has 1 amide bonds. The molecule has 1 fully saturated rings. The molecule has 5 heteroatoms. The van der Waals surface area contributed by atoms with Gasteiger partial charge in [-0.15, -0.1) is 0 Å². The molecular weight excluding hydrogens is 235 g/mol. The summed E-state index contributed by atoms with van der Waals surface area (Å²) < 4.78 is 18.0. The average molecular weight is 252 g/mol. The van der Waals surface area contributed by atoms with E-state index in [0.717, 1.165) is 6.54 Å². The maximum atomic E-state index is 13.2. The van der Waals surface area contributed by atoms with Crippen LogP contribution in [0.5, 0.6) is 5.75 Å². The Balaban J connectivity index is 1.83. The van der Waals surface area contributed by atoms with Crippen LogP contribution in [-0.2, 0) is 0 Å². The Morgan fingerprint density at radius 3 is 2.89 bits per heavy atom. The number of methoxy groups -OCH3 is 1. The molecule has 2 N–H and O–H groups in total. The molecule has 1 aliphatic rings. The molecule has 0 aromatic heterocycles. The molecule has 1 aliphatic carbocycles. The number of carbonyl (C=O) groups is 1. The molecule has 0 heterocycles. The normalized spacial score (nSPS) is 14.3. The van der Waals surface area contributed by atoms with Crippen LogP contribution in [0.3, 0.4) is 0 Å². The van der Waals surface area contributed by atoms with Crippen molar-refractivity contribution in [2.24, 2.45) is 0 Å². The molecule has 0 spiro atoms. The van der Waals surface area contributed by atoms with Crippen molar-refractivity contribution in [1.82, 2.24) is 10.6 Å². The van der Waals surface area contributed by atoms with Crippen molar-refractivity contribution in [1.29, 1.82) is 0 Å². The van der Waals surface area contributed by atoms with Gasteiger partial charge in [0.1, 0.15) is 0 Å². The first-order chi connectivity index (χ1) is 8.70. The van der Waals surface area contributed by atoms with Gasteiger partial charge in [-0.1, -0.05) is 0 Å². The molecule has 0 radical (unpaired) electrons. The summed E-state index contributed by atoms with van der Waals surface area (Å²) in [5, 5.41) is 6.07. The standard InChI is InChI=1S/C13H17FN2O2/c1-18-12-8-9(2-5-11(12)14)13(17)16-7-6-15-10-3-4-10/h2,5,8,10,15H,3-4,6-7H2,1H3,(H,16,17). The monoisotopic (exact) mass is 252 g/mol. The second-order valence-electron chi connectivity index (χ2n) is 4.33. The highest BCUT2D eigenvalue weighted by Crippen LogP contribution is 2.18. The van der Waals surface area contributed by atoms with Gasteiger partial charge < -0.3 is 15.4 Å². The summed E-state index contributed by atoms with van der Waals surface area (Å²) in [5.41, 5.74) is 0.402. The lowest BCUT2D eigenvalue weighted by Gasteiger charge is -2.07. The van der Waals surface area contributed by atoms with Crippen molar-refractivity contribution in [3.05, 3.63) is 29.6 Å². The minimum atomic E-state index is -0.468. The number of rotatable bonds is 6. The first-order valence-corrected chi connectivity index (χ1v) is 6.06. The van der Waals surface area contributed by atoms with Crippen LogP contribution in [0.25, 0.3) is 0 Å². The molecule has 4 nitrogen and oxygen atoms in total. The minimum Gasteiger partial charge on any atom is -0.494 e. The van der Waals surface area contributed by atoms with Crippen molar-refractivity contribution < 1.29 is 13.9 Å². The van der Waals surface area contributed by atoms with Crippen LogP contribution in [-0.4, -0.2) is 32.1 Å². The number of carbonyl (C=O) groups excluding carboxylic acids is 1. The van der Waals surface area contributed by atoms with Gasteiger partial charge in [-0.2, -0.15) is 0 Å².